The quantitative estimate of drug-likeness (QED) is 0.832. The Morgan fingerprint density at radius 2 is 2.28 bits per heavy atom. The van der Waals surface area contributed by atoms with E-state index in [0.29, 0.717) is 6.54 Å². The highest BCUT2D eigenvalue weighted by Crippen LogP contribution is 2.11. The molecule has 0 radical (unpaired) electrons. The van der Waals surface area contributed by atoms with Gasteiger partial charge in [-0.1, -0.05) is 0 Å². The molecule has 4 nitrogen and oxygen atoms in total. The Morgan fingerprint density at radius 1 is 1.44 bits per heavy atom. The summed E-state index contributed by atoms with van der Waals surface area (Å²) in [7, 11) is 0. The van der Waals surface area contributed by atoms with Gasteiger partial charge in [-0.25, -0.2) is 4.98 Å². The van der Waals surface area contributed by atoms with E-state index in [9.17, 15) is 4.79 Å². The topological polar surface area (TPSA) is 60.4 Å². The molecule has 0 unspecified atom stereocenters. The van der Waals surface area contributed by atoms with Gasteiger partial charge in [-0.05, 0) is 43.3 Å². The molecule has 18 heavy (non-hydrogen) atoms. The van der Waals surface area contributed by atoms with Gasteiger partial charge in [0.05, 0.1) is 5.69 Å². The zero-order valence-electron chi connectivity index (χ0n) is 10.4. The maximum Gasteiger partial charge on any atom is 0.258 e. The van der Waals surface area contributed by atoms with Crippen LogP contribution in [0.2, 0.25) is 0 Å². The first-order valence-corrected chi connectivity index (χ1v) is 7.13. The molecule has 0 saturated heterocycles. The van der Waals surface area contributed by atoms with Gasteiger partial charge in [-0.15, -0.1) is 0 Å². The largest absolute Gasteiger partial charge is 0.330 e. The van der Waals surface area contributed by atoms with Gasteiger partial charge in [0.15, 0.2) is 0 Å². The van der Waals surface area contributed by atoms with Gasteiger partial charge < -0.3 is 5.73 Å². The van der Waals surface area contributed by atoms with Crippen molar-refractivity contribution in [3.05, 3.63) is 46.0 Å². The van der Waals surface area contributed by atoms with Gasteiger partial charge in [0.25, 0.3) is 5.56 Å². The van der Waals surface area contributed by atoms with Crippen molar-refractivity contribution in [2.24, 2.45) is 5.73 Å². The molecule has 0 saturated carbocycles. The smallest absolute Gasteiger partial charge is 0.258 e. The lowest BCUT2D eigenvalue weighted by Gasteiger charge is -2.04. The minimum Gasteiger partial charge on any atom is -0.330 e. The van der Waals surface area contributed by atoms with Gasteiger partial charge in [0, 0.05) is 18.0 Å². The standard InChI is InChI=1S/C13H17N3OS/c1-10-3-5-16-12(7-10)15-11(8-13(16)17)9-18-6-2-4-14/h3,5,7-8H,2,4,6,9,14H2,1H3. The number of aromatic nitrogens is 2. The molecule has 0 bridgehead atoms. The summed E-state index contributed by atoms with van der Waals surface area (Å²) in [4.78, 5) is 16.4. The summed E-state index contributed by atoms with van der Waals surface area (Å²) in [5, 5.41) is 0. The molecule has 0 aliphatic heterocycles. The van der Waals surface area contributed by atoms with Crippen LogP contribution in [0.3, 0.4) is 0 Å². The lowest BCUT2D eigenvalue weighted by atomic mass is 10.3. The fourth-order valence-corrected chi connectivity index (χ4v) is 2.56. The molecule has 96 valence electrons. The van der Waals surface area contributed by atoms with Crippen molar-refractivity contribution in [3.63, 3.8) is 0 Å². The maximum atomic E-state index is 11.9. The summed E-state index contributed by atoms with van der Waals surface area (Å²) in [6, 6.07) is 5.44. The van der Waals surface area contributed by atoms with E-state index in [1.165, 1.54) is 0 Å². The Kier molecular flexibility index (Phi) is 4.38. The third-order valence-corrected chi connectivity index (χ3v) is 3.70. The monoisotopic (exact) mass is 263 g/mol. The zero-order chi connectivity index (χ0) is 13.0. The minimum absolute atomic E-state index is 0.0191. The number of nitrogens with two attached hydrogens (primary N) is 1. The Labute approximate surface area is 110 Å². The molecule has 0 spiro atoms. The van der Waals surface area contributed by atoms with Crippen LogP contribution in [0.15, 0.2) is 29.2 Å². The molecule has 2 aromatic heterocycles. The second-order valence-electron chi connectivity index (χ2n) is 4.21. The summed E-state index contributed by atoms with van der Waals surface area (Å²) in [6.45, 7) is 2.70. The van der Waals surface area contributed by atoms with Gasteiger partial charge in [-0.2, -0.15) is 11.8 Å². The van der Waals surface area contributed by atoms with E-state index in [2.05, 4.69) is 4.98 Å². The Bertz CT molecular complexity index is 594. The lowest BCUT2D eigenvalue weighted by Crippen LogP contribution is -2.15. The predicted molar refractivity (Wildman–Crippen MR) is 76.0 cm³/mol. The highest BCUT2D eigenvalue weighted by Gasteiger charge is 2.02. The highest BCUT2D eigenvalue weighted by molar-refractivity contribution is 7.98. The van der Waals surface area contributed by atoms with Crippen LogP contribution in [0.4, 0.5) is 0 Å². The predicted octanol–water partition coefficient (Wildman–Crippen LogP) is 1.58. The number of aryl methyl sites for hydroxylation is 1. The number of rotatable bonds is 5. The third kappa shape index (κ3) is 3.11. The number of pyridine rings is 1. The molecule has 5 heteroatoms. The van der Waals surface area contributed by atoms with Gasteiger partial charge >= 0.3 is 0 Å². The summed E-state index contributed by atoms with van der Waals surface area (Å²) in [5.74, 6) is 1.77. The van der Waals surface area contributed by atoms with Crippen LogP contribution in [0.5, 0.6) is 0 Å². The molecule has 0 amide bonds. The molecule has 0 aliphatic rings. The van der Waals surface area contributed by atoms with E-state index in [1.807, 2.05) is 19.1 Å². The van der Waals surface area contributed by atoms with E-state index in [4.69, 9.17) is 5.73 Å². The van der Waals surface area contributed by atoms with Crippen LogP contribution in [0.1, 0.15) is 17.7 Å². The Morgan fingerprint density at radius 3 is 3.06 bits per heavy atom. The van der Waals surface area contributed by atoms with E-state index in [0.717, 1.165) is 34.8 Å². The summed E-state index contributed by atoms with van der Waals surface area (Å²) < 4.78 is 1.57. The van der Waals surface area contributed by atoms with Gasteiger partial charge in [-0.3, -0.25) is 9.20 Å². The molecule has 2 N–H and O–H groups in total. The summed E-state index contributed by atoms with van der Waals surface area (Å²) in [5.41, 5.74) is 8.09. The number of nitrogens with zero attached hydrogens (tertiary/aromatic N) is 2. The Balaban J connectivity index is 2.22. The fourth-order valence-electron chi connectivity index (χ4n) is 1.69. The highest BCUT2D eigenvalue weighted by atomic mass is 32.2. The maximum absolute atomic E-state index is 11.9. The number of hydrogen-bond acceptors (Lipinski definition) is 4. The van der Waals surface area contributed by atoms with Crippen LogP contribution in [0, 0.1) is 6.92 Å². The molecule has 2 aromatic rings. The fraction of sp³-hybridized carbons (Fsp3) is 0.385. The molecule has 0 atom stereocenters. The van der Waals surface area contributed by atoms with Crippen molar-refractivity contribution in [2.75, 3.05) is 12.3 Å². The first-order valence-electron chi connectivity index (χ1n) is 5.97. The van der Waals surface area contributed by atoms with Crippen LogP contribution in [0.25, 0.3) is 5.65 Å². The van der Waals surface area contributed by atoms with Crippen molar-refractivity contribution >= 4 is 17.4 Å². The normalized spacial score (nSPS) is 11.0. The van der Waals surface area contributed by atoms with Crippen molar-refractivity contribution in [1.82, 2.24) is 9.38 Å². The van der Waals surface area contributed by atoms with E-state index >= 15 is 0 Å². The lowest BCUT2D eigenvalue weighted by molar-refractivity contribution is 0.941. The first kappa shape index (κ1) is 13.1. The average Bonchev–Trinajstić information content (AvgIpc) is 2.34. The molecule has 0 aromatic carbocycles. The average molecular weight is 263 g/mol. The van der Waals surface area contributed by atoms with E-state index in [-0.39, 0.29) is 5.56 Å². The van der Waals surface area contributed by atoms with Crippen LogP contribution >= 0.6 is 11.8 Å². The second-order valence-corrected chi connectivity index (χ2v) is 5.32. The summed E-state index contributed by atoms with van der Waals surface area (Å²) in [6.07, 6.45) is 2.77. The van der Waals surface area contributed by atoms with Crippen LogP contribution < -0.4 is 11.3 Å². The van der Waals surface area contributed by atoms with E-state index < -0.39 is 0 Å². The summed E-state index contributed by atoms with van der Waals surface area (Å²) >= 11 is 1.76. The third-order valence-electron chi connectivity index (χ3n) is 2.62. The molecular weight excluding hydrogens is 246 g/mol. The minimum atomic E-state index is -0.0191. The second kappa shape index (κ2) is 6.02. The molecule has 0 fully saturated rings. The molecule has 2 heterocycles. The van der Waals surface area contributed by atoms with Crippen LogP contribution in [-0.4, -0.2) is 21.7 Å². The molecule has 0 aliphatic carbocycles. The Hall–Kier alpha value is -1.33. The van der Waals surface area contributed by atoms with E-state index in [1.54, 1.807) is 28.4 Å². The molecule has 2 rings (SSSR count). The SMILES string of the molecule is Cc1ccn2c(=O)cc(CSCCCN)nc2c1. The first-order chi connectivity index (χ1) is 8.70. The molecular formula is C13H17N3OS. The van der Waals surface area contributed by atoms with Crippen LogP contribution in [-0.2, 0) is 5.75 Å². The van der Waals surface area contributed by atoms with Crippen molar-refractivity contribution in [1.29, 1.82) is 0 Å². The number of fused-ring (bicyclic) bond motifs is 1. The van der Waals surface area contributed by atoms with Crippen molar-refractivity contribution in [3.8, 4) is 0 Å². The van der Waals surface area contributed by atoms with Crippen molar-refractivity contribution < 1.29 is 0 Å². The van der Waals surface area contributed by atoms with Gasteiger partial charge in [0.2, 0.25) is 0 Å². The number of hydrogen-bond donors (Lipinski definition) is 1. The van der Waals surface area contributed by atoms with Crippen molar-refractivity contribution in [2.45, 2.75) is 19.1 Å². The zero-order valence-corrected chi connectivity index (χ0v) is 11.2. The number of thioether (sulfide) groups is 1. The van der Waals surface area contributed by atoms with Gasteiger partial charge in [0.1, 0.15) is 5.65 Å².